The van der Waals surface area contributed by atoms with E-state index in [9.17, 15) is 9.59 Å². The number of amides is 3. The van der Waals surface area contributed by atoms with E-state index in [4.69, 9.17) is 16.6 Å². The van der Waals surface area contributed by atoms with Gasteiger partial charge in [-0.25, -0.2) is 4.79 Å². The van der Waals surface area contributed by atoms with Crippen LogP contribution in [0.2, 0.25) is 0 Å². The summed E-state index contributed by atoms with van der Waals surface area (Å²) < 4.78 is 0. The lowest BCUT2D eigenvalue weighted by Gasteiger charge is -2.44. The molecule has 0 radical (unpaired) electrons. The molecule has 2 saturated carbocycles. The average molecular weight is 465 g/mol. The number of aliphatic imine (C=N–C) groups is 1. The standard InChI is InChI=1S/C25H41ClN4O2/c1-16-6-5-7-18(14-16)22-21(17-8-10-19(26)11-9-17)28-23(25(2,3)4)30(22)24(32)29-13-12-27-20(31)15-29/h16-19,21-22H,5-15H2,1-4H3,(H,27,31). The van der Waals surface area contributed by atoms with Gasteiger partial charge in [-0.05, 0) is 56.3 Å². The minimum Gasteiger partial charge on any atom is -0.353 e. The van der Waals surface area contributed by atoms with Crippen molar-refractivity contribution in [1.82, 2.24) is 15.1 Å². The molecular weight excluding hydrogens is 424 g/mol. The number of urea groups is 1. The number of alkyl halides is 1. The summed E-state index contributed by atoms with van der Waals surface area (Å²) in [5.74, 6) is 2.47. The van der Waals surface area contributed by atoms with E-state index in [0.717, 1.165) is 44.4 Å². The molecule has 0 bridgehead atoms. The van der Waals surface area contributed by atoms with Crippen molar-refractivity contribution in [2.45, 2.75) is 96.5 Å². The molecule has 7 heteroatoms. The summed E-state index contributed by atoms with van der Waals surface area (Å²) in [6.45, 7) is 10.1. The Bertz CT molecular complexity index is 741. The number of halogens is 1. The van der Waals surface area contributed by atoms with Crippen LogP contribution >= 0.6 is 11.6 Å². The molecule has 4 atom stereocenters. The average Bonchev–Trinajstić information content (AvgIpc) is 3.15. The summed E-state index contributed by atoms with van der Waals surface area (Å²) in [4.78, 5) is 35.2. The molecule has 180 valence electrons. The number of hydrogen-bond donors (Lipinski definition) is 1. The molecule has 4 unspecified atom stereocenters. The molecule has 0 aromatic carbocycles. The highest BCUT2D eigenvalue weighted by Crippen LogP contribution is 2.44. The number of piperazine rings is 1. The minimum absolute atomic E-state index is 0.0229. The predicted octanol–water partition coefficient (Wildman–Crippen LogP) is 4.66. The fourth-order valence-electron chi connectivity index (χ4n) is 6.39. The summed E-state index contributed by atoms with van der Waals surface area (Å²) in [5, 5.41) is 3.12. The highest BCUT2D eigenvalue weighted by Gasteiger charge is 2.51. The number of hydrogen-bond acceptors (Lipinski definition) is 3. The second-order valence-electron chi connectivity index (χ2n) is 11.7. The Morgan fingerprint density at radius 2 is 1.81 bits per heavy atom. The van der Waals surface area contributed by atoms with Gasteiger partial charge in [-0.1, -0.05) is 40.5 Å². The summed E-state index contributed by atoms with van der Waals surface area (Å²) in [6.07, 6.45) is 9.07. The third-order valence-corrected chi connectivity index (χ3v) is 8.41. The number of carbonyl (C=O) groups is 2. The van der Waals surface area contributed by atoms with E-state index in [2.05, 4.69) is 37.9 Å². The van der Waals surface area contributed by atoms with Gasteiger partial charge in [-0.2, -0.15) is 0 Å². The lowest BCUT2D eigenvalue weighted by atomic mass is 9.72. The first-order valence-corrected chi connectivity index (χ1v) is 13.2. The van der Waals surface area contributed by atoms with Crippen molar-refractivity contribution in [3.8, 4) is 0 Å². The Labute approximate surface area is 198 Å². The molecule has 32 heavy (non-hydrogen) atoms. The molecule has 3 fully saturated rings. The predicted molar refractivity (Wildman–Crippen MR) is 129 cm³/mol. The van der Waals surface area contributed by atoms with E-state index in [1.807, 2.05) is 0 Å². The molecule has 3 amide bonds. The summed E-state index contributed by atoms with van der Waals surface area (Å²) in [5.41, 5.74) is -0.231. The van der Waals surface area contributed by atoms with Crippen LogP contribution in [-0.4, -0.2) is 64.7 Å². The van der Waals surface area contributed by atoms with Gasteiger partial charge in [-0.3, -0.25) is 14.7 Å². The van der Waals surface area contributed by atoms with Crippen molar-refractivity contribution in [1.29, 1.82) is 0 Å². The van der Waals surface area contributed by atoms with Crippen LogP contribution in [0.5, 0.6) is 0 Å². The fourth-order valence-corrected chi connectivity index (χ4v) is 6.64. The zero-order chi connectivity index (χ0) is 23.0. The monoisotopic (exact) mass is 464 g/mol. The third-order valence-electron chi connectivity index (χ3n) is 7.98. The van der Waals surface area contributed by atoms with Crippen LogP contribution in [0.25, 0.3) is 0 Å². The third kappa shape index (κ3) is 4.95. The zero-order valence-corrected chi connectivity index (χ0v) is 21.0. The second-order valence-corrected chi connectivity index (χ2v) is 12.3. The quantitative estimate of drug-likeness (QED) is 0.604. The number of carbonyl (C=O) groups excluding carboxylic acids is 2. The number of rotatable bonds is 2. The summed E-state index contributed by atoms with van der Waals surface area (Å²) in [6, 6.07) is 0.220. The lowest BCUT2D eigenvalue weighted by Crippen LogP contribution is -2.60. The molecule has 2 heterocycles. The number of nitrogens with zero attached hydrogens (tertiary/aromatic N) is 3. The second kappa shape index (κ2) is 9.52. The highest BCUT2D eigenvalue weighted by atomic mass is 35.5. The van der Waals surface area contributed by atoms with Crippen molar-refractivity contribution in [3.05, 3.63) is 0 Å². The van der Waals surface area contributed by atoms with Gasteiger partial charge in [-0.15, -0.1) is 11.6 Å². The van der Waals surface area contributed by atoms with Gasteiger partial charge in [0.2, 0.25) is 5.91 Å². The van der Waals surface area contributed by atoms with Crippen LogP contribution in [0.1, 0.15) is 79.1 Å². The van der Waals surface area contributed by atoms with Crippen molar-refractivity contribution in [3.63, 3.8) is 0 Å². The van der Waals surface area contributed by atoms with Crippen LogP contribution in [0.3, 0.4) is 0 Å². The maximum absolute atomic E-state index is 14.0. The molecule has 4 aliphatic rings. The van der Waals surface area contributed by atoms with Crippen molar-refractivity contribution < 1.29 is 9.59 Å². The molecule has 4 rings (SSSR count). The van der Waals surface area contributed by atoms with Gasteiger partial charge in [0.05, 0.1) is 12.1 Å². The largest absolute Gasteiger partial charge is 0.353 e. The van der Waals surface area contributed by atoms with E-state index >= 15 is 0 Å². The van der Waals surface area contributed by atoms with E-state index in [1.54, 1.807) is 4.90 Å². The first kappa shape index (κ1) is 23.8. The van der Waals surface area contributed by atoms with Gasteiger partial charge >= 0.3 is 6.03 Å². The van der Waals surface area contributed by atoms with Crippen molar-refractivity contribution in [2.75, 3.05) is 19.6 Å². The Hall–Kier alpha value is -1.30. The molecule has 0 spiro atoms. The van der Waals surface area contributed by atoms with Crippen LogP contribution in [0.4, 0.5) is 4.79 Å². The number of nitrogens with one attached hydrogen (secondary N) is 1. The Balaban J connectivity index is 1.69. The van der Waals surface area contributed by atoms with Crippen LogP contribution < -0.4 is 5.32 Å². The van der Waals surface area contributed by atoms with Gasteiger partial charge in [0, 0.05) is 23.9 Å². The highest BCUT2D eigenvalue weighted by molar-refractivity contribution is 6.20. The van der Waals surface area contributed by atoms with Gasteiger partial charge in [0.1, 0.15) is 12.4 Å². The molecule has 0 aromatic heterocycles. The topological polar surface area (TPSA) is 65.0 Å². The maximum Gasteiger partial charge on any atom is 0.326 e. The molecule has 2 aliphatic heterocycles. The van der Waals surface area contributed by atoms with Crippen LogP contribution in [0.15, 0.2) is 4.99 Å². The normalized spacial score (nSPS) is 36.7. The number of amidine groups is 1. The molecule has 0 aromatic rings. The molecule has 1 N–H and O–H groups in total. The molecule has 6 nitrogen and oxygen atoms in total. The van der Waals surface area contributed by atoms with Gasteiger partial charge in [0.15, 0.2) is 0 Å². The SMILES string of the molecule is CC1CCCC(C2C(C3CCC(Cl)CC3)N=C(C(C)(C)C)N2C(=O)N2CCNC(=O)C2)C1. The smallest absolute Gasteiger partial charge is 0.326 e. The summed E-state index contributed by atoms with van der Waals surface area (Å²) >= 11 is 6.44. The molecule has 2 aliphatic carbocycles. The van der Waals surface area contributed by atoms with Crippen LogP contribution in [0, 0.1) is 23.2 Å². The van der Waals surface area contributed by atoms with Crippen LogP contribution in [-0.2, 0) is 4.79 Å². The Kier molecular flexibility index (Phi) is 7.09. The molecule has 1 saturated heterocycles. The van der Waals surface area contributed by atoms with Crippen molar-refractivity contribution in [2.24, 2.45) is 28.2 Å². The van der Waals surface area contributed by atoms with E-state index in [1.165, 1.54) is 12.8 Å². The van der Waals surface area contributed by atoms with Gasteiger partial charge < -0.3 is 10.2 Å². The van der Waals surface area contributed by atoms with E-state index in [-0.39, 0.29) is 41.4 Å². The first-order chi connectivity index (χ1) is 15.1. The van der Waals surface area contributed by atoms with Gasteiger partial charge in [0.25, 0.3) is 0 Å². The summed E-state index contributed by atoms with van der Waals surface area (Å²) in [7, 11) is 0. The van der Waals surface area contributed by atoms with Crippen molar-refractivity contribution >= 4 is 29.4 Å². The van der Waals surface area contributed by atoms with E-state index in [0.29, 0.717) is 30.8 Å². The Morgan fingerprint density at radius 3 is 2.44 bits per heavy atom. The first-order valence-electron chi connectivity index (χ1n) is 12.7. The fraction of sp³-hybridized carbons (Fsp3) is 0.880. The lowest BCUT2D eigenvalue weighted by molar-refractivity contribution is -0.123. The Morgan fingerprint density at radius 1 is 1.09 bits per heavy atom. The maximum atomic E-state index is 14.0. The van der Waals surface area contributed by atoms with E-state index < -0.39 is 0 Å². The minimum atomic E-state index is -0.231. The molecular formula is C25H41ClN4O2. The zero-order valence-electron chi connectivity index (χ0n) is 20.3.